The van der Waals surface area contributed by atoms with Gasteiger partial charge in [-0.25, -0.2) is 8.78 Å². The molecule has 0 aliphatic carbocycles. The Morgan fingerprint density at radius 2 is 2.18 bits per heavy atom. The van der Waals surface area contributed by atoms with Crippen LogP contribution in [0.5, 0.6) is 0 Å². The number of amides is 1. The molecule has 0 aliphatic heterocycles. The lowest BCUT2D eigenvalue weighted by atomic mass is 10.1. The van der Waals surface area contributed by atoms with Crippen LogP contribution in [-0.4, -0.2) is 12.5 Å². The van der Waals surface area contributed by atoms with E-state index in [0.717, 1.165) is 12.1 Å². The summed E-state index contributed by atoms with van der Waals surface area (Å²) in [6.45, 7) is 2.35. The molecule has 0 bridgehead atoms. The van der Waals surface area contributed by atoms with Gasteiger partial charge >= 0.3 is 0 Å². The predicted molar refractivity (Wildman–Crippen MR) is 61.0 cm³/mol. The number of nitrogens with one attached hydrogen (secondary N) is 1. The Balaban J connectivity index is 2.47. The summed E-state index contributed by atoms with van der Waals surface area (Å²) >= 11 is 0. The molecule has 1 unspecified atom stereocenters. The molecule has 0 saturated heterocycles. The number of carbonyl (C=O) groups excluding carboxylic acids is 1. The molecule has 1 aromatic rings. The minimum atomic E-state index is -0.655. The van der Waals surface area contributed by atoms with Crippen molar-refractivity contribution in [2.75, 3.05) is 6.54 Å². The first-order valence-electron chi connectivity index (χ1n) is 5.43. The standard InChI is InChI=1S/C12H16F2N2O/c1-8(6-15)4-12(17)16-7-9-2-3-10(13)5-11(9)14/h2-3,5,8H,4,6-7,15H2,1H3,(H,16,17). The fourth-order valence-electron chi connectivity index (χ4n) is 1.33. The van der Waals surface area contributed by atoms with Gasteiger partial charge in [-0.15, -0.1) is 0 Å². The molecule has 1 aromatic carbocycles. The number of hydrogen-bond donors (Lipinski definition) is 2. The monoisotopic (exact) mass is 242 g/mol. The van der Waals surface area contributed by atoms with Crippen molar-refractivity contribution in [1.29, 1.82) is 0 Å². The SMILES string of the molecule is CC(CN)CC(=O)NCc1ccc(F)cc1F. The second-order valence-electron chi connectivity index (χ2n) is 4.06. The number of hydrogen-bond acceptors (Lipinski definition) is 2. The third kappa shape index (κ3) is 4.48. The molecular formula is C12H16F2N2O. The number of benzene rings is 1. The lowest BCUT2D eigenvalue weighted by Crippen LogP contribution is -2.27. The lowest BCUT2D eigenvalue weighted by molar-refractivity contribution is -0.122. The van der Waals surface area contributed by atoms with Crippen molar-refractivity contribution in [2.24, 2.45) is 11.7 Å². The van der Waals surface area contributed by atoms with Crippen LogP contribution in [0.2, 0.25) is 0 Å². The molecule has 1 rings (SSSR count). The second-order valence-corrected chi connectivity index (χ2v) is 4.06. The highest BCUT2D eigenvalue weighted by Crippen LogP contribution is 2.09. The molecule has 0 saturated carbocycles. The van der Waals surface area contributed by atoms with E-state index in [2.05, 4.69) is 5.32 Å². The highest BCUT2D eigenvalue weighted by Gasteiger charge is 2.09. The Bertz CT molecular complexity index is 396. The Morgan fingerprint density at radius 3 is 2.76 bits per heavy atom. The molecule has 17 heavy (non-hydrogen) atoms. The number of rotatable bonds is 5. The zero-order valence-electron chi connectivity index (χ0n) is 9.67. The summed E-state index contributed by atoms with van der Waals surface area (Å²) in [4.78, 5) is 11.4. The lowest BCUT2D eigenvalue weighted by Gasteiger charge is -2.09. The highest BCUT2D eigenvalue weighted by molar-refractivity contribution is 5.76. The maximum Gasteiger partial charge on any atom is 0.220 e. The molecule has 0 aromatic heterocycles. The molecule has 5 heteroatoms. The average molecular weight is 242 g/mol. The zero-order chi connectivity index (χ0) is 12.8. The van der Waals surface area contributed by atoms with Gasteiger partial charge in [-0.1, -0.05) is 13.0 Å². The Morgan fingerprint density at radius 1 is 1.47 bits per heavy atom. The molecule has 0 spiro atoms. The zero-order valence-corrected chi connectivity index (χ0v) is 9.67. The van der Waals surface area contributed by atoms with Gasteiger partial charge in [-0.3, -0.25) is 4.79 Å². The number of halogens is 2. The van der Waals surface area contributed by atoms with E-state index in [4.69, 9.17) is 5.73 Å². The Labute approximate surface area is 99.0 Å². The topological polar surface area (TPSA) is 55.1 Å². The van der Waals surface area contributed by atoms with Crippen LogP contribution in [0, 0.1) is 17.6 Å². The minimum absolute atomic E-state index is 0.0578. The van der Waals surface area contributed by atoms with Crippen LogP contribution >= 0.6 is 0 Å². The highest BCUT2D eigenvalue weighted by atomic mass is 19.1. The van der Waals surface area contributed by atoms with Crippen molar-refractivity contribution < 1.29 is 13.6 Å². The van der Waals surface area contributed by atoms with Crippen molar-refractivity contribution in [3.63, 3.8) is 0 Å². The van der Waals surface area contributed by atoms with E-state index in [1.54, 1.807) is 0 Å². The van der Waals surface area contributed by atoms with Crippen molar-refractivity contribution in [1.82, 2.24) is 5.32 Å². The third-order valence-corrected chi connectivity index (χ3v) is 2.43. The molecule has 0 fully saturated rings. The normalized spacial score (nSPS) is 12.2. The largest absolute Gasteiger partial charge is 0.352 e. The van der Waals surface area contributed by atoms with Gasteiger partial charge in [0.25, 0.3) is 0 Å². The Kier molecular flexibility index (Phi) is 5.03. The molecule has 0 heterocycles. The summed E-state index contributed by atoms with van der Waals surface area (Å²) in [7, 11) is 0. The van der Waals surface area contributed by atoms with Crippen LogP contribution < -0.4 is 11.1 Å². The average Bonchev–Trinajstić information content (AvgIpc) is 2.27. The van der Waals surface area contributed by atoms with Gasteiger partial charge in [0.1, 0.15) is 11.6 Å². The van der Waals surface area contributed by atoms with E-state index in [1.807, 2.05) is 6.92 Å². The molecule has 1 atom stereocenters. The number of nitrogens with two attached hydrogens (primary N) is 1. The summed E-state index contributed by atoms with van der Waals surface area (Å²) in [5.74, 6) is -1.38. The Hall–Kier alpha value is -1.49. The van der Waals surface area contributed by atoms with Gasteiger partial charge in [0, 0.05) is 24.6 Å². The van der Waals surface area contributed by atoms with Crippen LogP contribution in [0.3, 0.4) is 0 Å². The van der Waals surface area contributed by atoms with Crippen molar-refractivity contribution in [2.45, 2.75) is 19.9 Å². The van der Waals surface area contributed by atoms with Gasteiger partial charge in [0.15, 0.2) is 0 Å². The maximum absolute atomic E-state index is 13.2. The van der Waals surface area contributed by atoms with Gasteiger partial charge < -0.3 is 11.1 Å². The molecular weight excluding hydrogens is 226 g/mol. The van der Waals surface area contributed by atoms with E-state index in [1.165, 1.54) is 6.07 Å². The van der Waals surface area contributed by atoms with E-state index >= 15 is 0 Å². The molecule has 0 radical (unpaired) electrons. The van der Waals surface area contributed by atoms with Crippen LogP contribution in [0.4, 0.5) is 8.78 Å². The van der Waals surface area contributed by atoms with Crippen molar-refractivity contribution in [3.8, 4) is 0 Å². The summed E-state index contributed by atoms with van der Waals surface area (Å²) in [5.41, 5.74) is 5.65. The van der Waals surface area contributed by atoms with Gasteiger partial charge in [-0.05, 0) is 18.5 Å². The summed E-state index contributed by atoms with van der Waals surface area (Å²) in [6.07, 6.45) is 0.305. The first-order chi connectivity index (χ1) is 8.02. The minimum Gasteiger partial charge on any atom is -0.352 e. The van der Waals surface area contributed by atoms with E-state index in [0.29, 0.717) is 13.0 Å². The van der Waals surface area contributed by atoms with Crippen LogP contribution in [0.25, 0.3) is 0 Å². The fraction of sp³-hybridized carbons (Fsp3) is 0.417. The summed E-state index contributed by atoms with van der Waals surface area (Å²) in [5, 5.41) is 2.57. The van der Waals surface area contributed by atoms with Crippen LogP contribution in [-0.2, 0) is 11.3 Å². The van der Waals surface area contributed by atoms with Crippen molar-refractivity contribution in [3.05, 3.63) is 35.4 Å². The summed E-state index contributed by atoms with van der Waals surface area (Å²) in [6, 6.07) is 3.27. The van der Waals surface area contributed by atoms with E-state index in [-0.39, 0.29) is 23.9 Å². The summed E-state index contributed by atoms with van der Waals surface area (Å²) < 4.78 is 25.8. The van der Waals surface area contributed by atoms with Crippen LogP contribution in [0.15, 0.2) is 18.2 Å². The van der Waals surface area contributed by atoms with Crippen LogP contribution in [0.1, 0.15) is 18.9 Å². The van der Waals surface area contributed by atoms with E-state index < -0.39 is 11.6 Å². The number of carbonyl (C=O) groups is 1. The first kappa shape index (κ1) is 13.6. The molecule has 0 aliphatic rings. The maximum atomic E-state index is 13.2. The smallest absolute Gasteiger partial charge is 0.220 e. The van der Waals surface area contributed by atoms with Gasteiger partial charge in [0.2, 0.25) is 5.91 Å². The van der Waals surface area contributed by atoms with Gasteiger partial charge in [0.05, 0.1) is 0 Å². The predicted octanol–water partition coefficient (Wildman–Crippen LogP) is 1.57. The molecule has 94 valence electrons. The fourth-order valence-corrected chi connectivity index (χ4v) is 1.33. The molecule has 3 nitrogen and oxygen atoms in total. The third-order valence-electron chi connectivity index (χ3n) is 2.43. The quantitative estimate of drug-likeness (QED) is 0.823. The second kappa shape index (κ2) is 6.30. The van der Waals surface area contributed by atoms with E-state index in [9.17, 15) is 13.6 Å². The molecule has 3 N–H and O–H groups in total. The van der Waals surface area contributed by atoms with Crippen molar-refractivity contribution >= 4 is 5.91 Å². The molecule has 1 amide bonds. The van der Waals surface area contributed by atoms with Gasteiger partial charge in [-0.2, -0.15) is 0 Å². The first-order valence-corrected chi connectivity index (χ1v) is 5.43.